The lowest BCUT2D eigenvalue weighted by molar-refractivity contribution is -0.122. The number of amides is 2. The fraction of sp³-hybridized carbons (Fsp3) is 0.222. The van der Waals surface area contributed by atoms with Crippen LogP contribution >= 0.6 is 15.9 Å². The summed E-state index contributed by atoms with van der Waals surface area (Å²) in [6.45, 7) is -0.0568. The molecule has 0 N–H and O–H groups in total. The first kappa shape index (κ1) is 27.3. The van der Waals surface area contributed by atoms with Gasteiger partial charge in [-0.1, -0.05) is 22.0 Å². The molecule has 2 amide bonds. The van der Waals surface area contributed by atoms with Crippen LogP contribution in [0, 0.1) is 11.3 Å². The molecular weight excluding hydrogens is 574 g/mol. The van der Waals surface area contributed by atoms with Gasteiger partial charge in [0.15, 0.2) is 11.5 Å². The molecule has 9 nitrogen and oxygen atoms in total. The van der Waals surface area contributed by atoms with Crippen molar-refractivity contribution >= 4 is 43.5 Å². The van der Waals surface area contributed by atoms with Crippen molar-refractivity contribution in [3.8, 4) is 17.6 Å². The normalized spacial score (nSPS) is 15.6. The summed E-state index contributed by atoms with van der Waals surface area (Å²) in [6.07, 6.45) is -0.0501. The van der Waals surface area contributed by atoms with Gasteiger partial charge < -0.3 is 9.47 Å². The molecule has 1 aliphatic heterocycles. The maximum absolute atomic E-state index is 13.8. The van der Waals surface area contributed by atoms with Crippen molar-refractivity contribution in [2.75, 3.05) is 25.7 Å². The summed E-state index contributed by atoms with van der Waals surface area (Å²) in [6, 6.07) is 18.1. The van der Waals surface area contributed by atoms with Crippen molar-refractivity contribution in [2.45, 2.75) is 23.8 Å². The predicted molar refractivity (Wildman–Crippen MR) is 143 cm³/mol. The first-order valence-corrected chi connectivity index (χ1v) is 13.8. The summed E-state index contributed by atoms with van der Waals surface area (Å²) in [7, 11) is -1.13. The molecule has 0 aliphatic carbocycles. The lowest BCUT2D eigenvalue weighted by atomic mass is 10.1. The number of hydrogen-bond donors (Lipinski definition) is 0. The topological polar surface area (TPSA) is 117 Å². The number of imide groups is 1. The van der Waals surface area contributed by atoms with Crippen LogP contribution in [-0.4, -0.2) is 51.3 Å². The zero-order valence-electron chi connectivity index (χ0n) is 20.6. The number of carbonyl (C=O) groups excluding carboxylic acids is 2. The highest BCUT2D eigenvalue weighted by atomic mass is 79.9. The minimum atomic E-state index is -4.16. The maximum atomic E-state index is 13.8. The monoisotopic (exact) mass is 597 g/mol. The molecule has 1 aliphatic rings. The molecule has 0 radical (unpaired) electrons. The van der Waals surface area contributed by atoms with Gasteiger partial charge in [0.1, 0.15) is 6.04 Å². The van der Waals surface area contributed by atoms with Crippen LogP contribution in [0.3, 0.4) is 0 Å². The Bertz CT molecular complexity index is 1500. The van der Waals surface area contributed by atoms with E-state index in [1.165, 1.54) is 50.6 Å². The second kappa shape index (κ2) is 11.3. The van der Waals surface area contributed by atoms with Gasteiger partial charge in [0, 0.05) is 11.0 Å². The fourth-order valence-corrected chi connectivity index (χ4v) is 6.10. The third-order valence-corrected chi connectivity index (χ3v) is 8.67. The number of hydrogen-bond acceptors (Lipinski definition) is 7. The molecule has 196 valence electrons. The molecule has 0 bridgehead atoms. The third-order valence-electron chi connectivity index (χ3n) is 6.21. The standard InChI is InChI=1S/C27H24BrN3O6S/c1-36-24-12-5-18(15-25(24)37-2)13-14-30(38(34,35)22-10-6-20(28)7-11-22)23-16-26(32)31(27(23)33)21-8-3-19(17-29)4-9-21/h3-12,15,23H,13-14,16H2,1-2H3. The Morgan fingerprint density at radius 3 is 2.26 bits per heavy atom. The molecule has 38 heavy (non-hydrogen) atoms. The Morgan fingerprint density at radius 2 is 1.66 bits per heavy atom. The number of nitriles is 1. The van der Waals surface area contributed by atoms with Gasteiger partial charge in [-0.15, -0.1) is 0 Å². The molecule has 1 fully saturated rings. The Balaban J connectivity index is 1.69. The first-order chi connectivity index (χ1) is 18.2. The van der Waals surface area contributed by atoms with Gasteiger partial charge in [-0.3, -0.25) is 9.59 Å². The SMILES string of the molecule is COc1ccc(CCN(C2CC(=O)N(c3ccc(C#N)cc3)C2=O)S(=O)(=O)c2ccc(Br)cc2)cc1OC. The number of methoxy groups -OCH3 is 2. The van der Waals surface area contributed by atoms with Gasteiger partial charge in [0.2, 0.25) is 15.9 Å². The fourth-order valence-electron chi connectivity index (χ4n) is 4.26. The zero-order chi connectivity index (χ0) is 27.4. The van der Waals surface area contributed by atoms with Crippen LogP contribution in [0.25, 0.3) is 0 Å². The summed E-state index contributed by atoms with van der Waals surface area (Å²) in [5.41, 5.74) is 1.42. The van der Waals surface area contributed by atoms with Gasteiger partial charge in [-0.25, -0.2) is 13.3 Å². The van der Waals surface area contributed by atoms with E-state index in [2.05, 4.69) is 15.9 Å². The zero-order valence-corrected chi connectivity index (χ0v) is 23.0. The van der Waals surface area contributed by atoms with E-state index < -0.39 is 27.9 Å². The molecule has 1 unspecified atom stereocenters. The first-order valence-electron chi connectivity index (χ1n) is 11.5. The number of anilines is 1. The number of ether oxygens (including phenoxy) is 2. The maximum Gasteiger partial charge on any atom is 0.252 e. The molecular formula is C27H24BrN3O6S. The molecule has 3 aromatic rings. The van der Waals surface area contributed by atoms with Crippen molar-refractivity contribution in [3.63, 3.8) is 0 Å². The molecule has 11 heteroatoms. The largest absolute Gasteiger partial charge is 0.493 e. The van der Waals surface area contributed by atoms with E-state index >= 15 is 0 Å². The molecule has 1 heterocycles. The summed E-state index contributed by atoms with van der Waals surface area (Å²) in [4.78, 5) is 27.5. The highest BCUT2D eigenvalue weighted by molar-refractivity contribution is 9.10. The van der Waals surface area contributed by atoms with E-state index in [1.54, 1.807) is 30.3 Å². The number of sulfonamides is 1. The van der Waals surface area contributed by atoms with E-state index in [0.29, 0.717) is 21.5 Å². The van der Waals surface area contributed by atoms with Gasteiger partial charge in [0.05, 0.1) is 42.9 Å². The van der Waals surface area contributed by atoms with Crippen molar-refractivity contribution in [1.29, 1.82) is 5.26 Å². The Hall–Kier alpha value is -3.72. The Kier molecular flexibility index (Phi) is 8.16. The predicted octanol–water partition coefficient (Wildman–Crippen LogP) is 3.90. The van der Waals surface area contributed by atoms with Gasteiger partial charge in [-0.05, 0) is 72.6 Å². The number of carbonyl (C=O) groups is 2. The van der Waals surface area contributed by atoms with E-state index in [4.69, 9.17) is 14.7 Å². The lowest BCUT2D eigenvalue weighted by Gasteiger charge is -2.27. The van der Waals surface area contributed by atoms with Crippen LogP contribution in [-0.2, 0) is 26.0 Å². The minimum Gasteiger partial charge on any atom is -0.493 e. The molecule has 0 aromatic heterocycles. The lowest BCUT2D eigenvalue weighted by Crippen LogP contribution is -2.46. The third kappa shape index (κ3) is 5.43. The summed E-state index contributed by atoms with van der Waals surface area (Å²) in [5, 5.41) is 9.05. The van der Waals surface area contributed by atoms with E-state index in [-0.39, 0.29) is 30.0 Å². The van der Waals surface area contributed by atoms with Crippen LogP contribution in [0.4, 0.5) is 5.69 Å². The summed E-state index contributed by atoms with van der Waals surface area (Å²) in [5.74, 6) is -0.142. The second-order valence-corrected chi connectivity index (χ2v) is 11.3. The van der Waals surface area contributed by atoms with Gasteiger partial charge in [-0.2, -0.15) is 9.57 Å². The van der Waals surface area contributed by atoms with Crippen LogP contribution in [0.2, 0.25) is 0 Å². The molecule has 1 atom stereocenters. The smallest absolute Gasteiger partial charge is 0.252 e. The minimum absolute atomic E-state index is 0.00471. The van der Waals surface area contributed by atoms with Crippen LogP contribution in [0.15, 0.2) is 76.1 Å². The number of benzene rings is 3. The molecule has 4 rings (SSSR count). The van der Waals surface area contributed by atoms with Gasteiger partial charge >= 0.3 is 0 Å². The van der Waals surface area contributed by atoms with Crippen molar-refractivity contribution in [1.82, 2.24) is 4.31 Å². The van der Waals surface area contributed by atoms with Crippen molar-refractivity contribution < 1.29 is 27.5 Å². The second-order valence-electron chi connectivity index (χ2n) is 8.45. The molecule has 0 saturated carbocycles. The quantitative estimate of drug-likeness (QED) is 0.343. The van der Waals surface area contributed by atoms with Crippen LogP contribution in [0.5, 0.6) is 11.5 Å². The number of halogens is 1. The molecule has 3 aromatic carbocycles. The Morgan fingerprint density at radius 1 is 1.00 bits per heavy atom. The van der Waals surface area contributed by atoms with Gasteiger partial charge in [0.25, 0.3) is 5.91 Å². The highest BCUT2D eigenvalue weighted by Gasteiger charge is 2.46. The average molecular weight is 598 g/mol. The summed E-state index contributed by atoms with van der Waals surface area (Å²) >= 11 is 3.31. The number of rotatable bonds is 9. The van der Waals surface area contributed by atoms with Crippen molar-refractivity contribution in [3.05, 3.63) is 82.3 Å². The number of nitrogens with zero attached hydrogens (tertiary/aromatic N) is 3. The molecule has 0 spiro atoms. The van der Waals surface area contributed by atoms with Crippen LogP contribution in [0.1, 0.15) is 17.5 Å². The molecule has 1 saturated heterocycles. The van der Waals surface area contributed by atoms with E-state index in [9.17, 15) is 18.0 Å². The average Bonchev–Trinajstić information content (AvgIpc) is 3.21. The van der Waals surface area contributed by atoms with Crippen molar-refractivity contribution in [2.24, 2.45) is 0 Å². The van der Waals surface area contributed by atoms with E-state index in [0.717, 1.165) is 14.8 Å². The van der Waals surface area contributed by atoms with Crippen LogP contribution < -0.4 is 14.4 Å². The van der Waals surface area contributed by atoms with E-state index in [1.807, 2.05) is 6.07 Å². The Labute approximate surface area is 229 Å². The summed E-state index contributed by atoms with van der Waals surface area (Å²) < 4.78 is 40.0. The highest BCUT2D eigenvalue weighted by Crippen LogP contribution is 2.31.